The van der Waals surface area contributed by atoms with Crippen molar-refractivity contribution < 1.29 is 10.2 Å². The molecule has 0 saturated carbocycles. The molecule has 0 bridgehead atoms. The van der Waals surface area contributed by atoms with E-state index in [1.807, 2.05) is 24.3 Å². The lowest BCUT2D eigenvalue weighted by Gasteiger charge is -2.20. The van der Waals surface area contributed by atoms with Crippen LogP contribution < -0.4 is 0 Å². The molecule has 2 N–H and O–H groups in total. The fourth-order valence-electron chi connectivity index (χ4n) is 2.41. The number of benzene rings is 2. The van der Waals surface area contributed by atoms with Crippen molar-refractivity contribution >= 4 is 0 Å². The summed E-state index contributed by atoms with van der Waals surface area (Å²) in [5.74, 6) is 1.76. The van der Waals surface area contributed by atoms with Crippen LogP contribution in [0.5, 0.6) is 11.5 Å². The monoisotopic (exact) mass is 270 g/mol. The van der Waals surface area contributed by atoms with Crippen molar-refractivity contribution in [1.29, 1.82) is 0 Å². The first kappa shape index (κ1) is 14.4. The van der Waals surface area contributed by atoms with E-state index in [-0.39, 0.29) is 0 Å². The van der Waals surface area contributed by atoms with Crippen molar-refractivity contribution in [2.75, 3.05) is 0 Å². The van der Waals surface area contributed by atoms with Crippen molar-refractivity contribution in [3.05, 3.63) is 59.7 Å². The van der Waals surface area contributed by atoms with Gasteiger partial charge in [-0.05, 0) is 60.1 Å². The summed E-state index contributed by atoms with van der Waals surface area (Å²) in [4.78, 5) is 0. The highest BCUT2D eigenvalue weighted by Gasteiger charge is 2.13. The third kappa shape index (κ3) is 4.02. The lowest BCUT2D eigenvalue weighted by molar-refractivity contribution is 0.383. The molecule has 0 aromatic heterocycles. The maximum Gasteiger partial charge on any atom is 0.115 e. The van der Waals surface area contributed by atoms with Crippen LogP contribution in [0.2, 0.25) is 0 Å². The summed E-state index contributed by atoms with van der Waals surface area (Å²) < 4.78 is 0. The molecule has 2 heteroatoms. The predicted octanol–water partition coefficient (Wildman–Crippen LogP) is 4.16. The molecule has 0 fully saturated rings. The maximum absolute atomic E-state index is 9.30. The molecule has 0 saturated heterocycles. The molecule has 0 radical (unpaired) electrons. The Morgan fingerprint density at radius 3 is 1.25 bits per heavy atom. The molecule has 20 heavy (non-hydrogen) atoms. The zero-order valence-corrected chi connectivity index (χ0v) is 12.1. The second-order valence-electron chi connectivity index (χ2n) is 5.70. The number of phenols is 2. The Balaban J connectivity index is 1.93. The second kappa shape index (κ2) is 6.47. The van der Waals surface area contributed by atoms with Gasteiger partial charge in [-0.25, -0.2) is 0 Å². The Hall–Kier alpha value is -1.96. The van der Waals surface area contributed by atoms with Gasteiger partial charge in [-0.2, -0.15) is 0 Å². The van der Waals surface area contributed by atoms with Gasteiger partial charge in [0, 0.05) is 0 Å². The first-order valence-corrected chi connectivity index (χ1v) is 7.10. The Bertz CT molecular complexity index is 477. The summed E-state index contributed by atoms with van der Waals surface area (Å²) in [5.41, 5.74) is 2.51. The molecule has 2 atom stereocenters. The minimum absolute atomic E-state index is 0.318. The Morgan fingerprint density at radius 1 is 0.650 bits per heavy atom. The molecular formula is C18H22O2. The second-order valence-corrected chi connectivity index (χ2v) is 5.70. The highest BCUT2D eigenvalue weighted by atomic mass is 16.3. The normalized spacial score (nSPS) is 13.9. The van der Waals surface area contributed by atoms with E-state index in [0.29, 0.717) is 23.3 Å². The zero-order valence-electron chi connectivity index (χ0n) is 12.1. The maximum atomic E-state index is 9.30. The summed E-state index contributed by atoms with van der Waals surface area (Å²) in [6.07, 6.45) is 2.03. The van der Waals surface area contributed by atoms with Crippen LogP contribution >= 0.6 is 0 Å². The smallest absolute Gasteiger partial charge is 0.115 e. The van der Waals surface area contributed by atoms with Crippen LogP contribution in [0.25, 0.3) is 0 Å². The largest absolute Gasteiger partial charge is 0.508 e. The quantitative estimate of drug-likeness (QED) is 0.856. The van der Waals surface area contributed by atoms with Gasteiger partial charge in [0.05, 0.1) is 0 Å². The fourth-order valence-corrected chi connectivity index (χ4v) is 2.41. The lowest BCUT2D eigenvalue weighted by atomic mass is 9.85. The van der Waals surface area contributed by atoms with Crippen molar-refractivity contribution in [2.24, 2.45) is 11.8 Å². The average Bonchev–Trinajstić information content (AvgIpc) is 2.44. The van der Waals surface area contributed by atoms with Crippen molar-refractivity contribution in [2.45, 2.75) is 26.7 Å². The number of rotatable bonds is 5. The van der Waals surface area contributed by atoms with Crippen LogP contribution in [-0.4, -0.2) is 10.2 Å². The minimum atomic E-state index is 0.318. The van der Waals surface area contributed by atoms with E-state index < -0.39 is 0 Å². The highest BCUT2D eigenvalue weighted by Crippen LogP contribution is 2.23. The van der Waals surface area contributed by atoms with E-state index in [1.165, 1.54) is 11.1 Å². The molecule has 106 valence electrons. The molecule has 2 aromatic carbocycles. The summed E-state index contributed by atoms with van der Waals surface area (Å²) in [5, 5.41) is 18.6. The minimum Gasteiger partial charge on any atom is -0.508 e. The molecule has 0 aliphatic carbocycles. The average molecular weight is 270 g/mol. The summed E-state index contributed by atoms with van der Waals surface area (Å²) in [7, 11) is 0. The van der Waals surface area contributed by atoms with Crippen LogP contribution in [0.4, 0.5) is 0 Å². The first-order chi connectivity index (χ1) is 9.54. The number of hydrogen-bond donors (Lipinski definition) is 2. The topological polar surface area (TPSA) is 40.5 Å². The van der Waals surface area contributed by atoms with Crippen LogP contribution in [-0.2, 0) is 12.8 Å². The van der Waals surface area contributed by atoms with E-state index >= 15 is 0 Å². The summed E-state index contributed by atoms with van der Waals surface area (Å²) >= 11 is 0. The molecule has 2 rings (SSSR count). The standard InChI is InChI=1S/C18H22O2/c1-13(11-15-3-7-17(19)8-4-15)14(2)12-16-5-9-18(20)10-6-16/h3-10,13-14,19-20H,11-12H2,1-2H3/t13-,14?/m0/s1. The fraction of sp³-hybridized carbons (Fsp3) is 0.333. The van der Waals surface area contributed by atoms with Crippen LogP contribution in [0, 0.1) is 11.8 Å². The molecular weight excluding hydrogens is 248 g/mol. The number of hydrogen-bond acceptors (Lipinski definition) is 2. The van der Waals surface area contributed by atoms with E-state index in [0.717, 1.165) is 12.8 Å². The summed E-state index contributed by atoms with van der Waals surface area (Å²) in [6.45, 7) is 4.52. The third-order valence-corrected chi connectivity index (χ3v) is 3.96. The highest BCUT2D eigenvalue weighted by molar-refractivity contribution is 5.27. The van der Waals surface area contributed by atoms with Gasteiger partial charge in [0.15, 0.2) is 0 Å². The lowest BCUT2D eigenvalue weighted by Crippen LogP contribution is -2.13. The van der Waals surface area contributed by atoms with Gasteiger partial charge in [-0.1, -0.05) is 38.1 Å². The van der Waals surface area contributed by atoms with E-state index in [1.54, 1.807) is 24.3 Å². The van der Waals surface area contributed by atoms with Gasteiger partial charge in [0.2, 0.25) is 0 Å². The first-order valence-electron chi connectivity index (χ1n) is 7.10. The van der Waals surface area contributed by atoms with Gasteiger partial charge in [0.25, 0.3) is 0 Å². The van der Waals surface area contributed by atoms with E-state index in [2.05, 4.69) is 13.8 Å². The van der Waals surface area contributed by atoms with Crippen LogP contribution in [0.15, 0.2) is 48.5 Å². The Labute approximate surface area is 120 Å². The van der Waals surface area contributed by atoms with Crippen LogP contribution in [0.3, 0.4) is 0 Å². The molecule has 0 aliphatic heterocycles. The van der Waals surface area contributed by atoms with Crippen molar-refractivity contribution in [1.82, 2.24) is 0 Å². The van der Waals surface area contributed by atoms with Crippen molar-refractivity contribution in [3.8, 4) is 11.5 Å². The molecule has 0 amide bonds. The molecule has 2 nitrogen and oxygen atoms in total. The van der Waals surface area contributed by atoms with Crippen molar-refractivity contribution in [3.63, 3.8) is 0 Å². The molecule has 1 unspecified atom stereocenters. The predicted molar refractivity (Wildman–Crippen MR) is 81.9 cm³/mol. The Morgan fingerprint density at radius 2 is 0.950 bits per heavy atom. The molecule has 2 aromatic rings. The Kier molecular flexibility index (Phi) is 4.67. The van der Waals surface area contributed by atoms with Gasteiger partial charge in [0.1, 0.15) is 11.5 Å². The summed E-state index contributed by atoms with van der Waals surface area (Å²) in [6, 6.07) is 14.9. The molecule has 0 heterocycles. The molecule has 0 aliphatic rings. The van der Waals surface area contributed by atoms with E-state index in [4.69, 9.17) is 0 Å². The number of phenolic OH excluding ortho intramolecular Hbond substituents is 2. The van der Waals surface area contributed by atoms with Crippen LogP contribution in [0.1, 0.15) is 25.0 Å². The van der Waals surface area contributed by atoms with E-state index in [9.17, 15) is 10.2 Å². The van der Waals surface area contributed by atoms with Gasteiger partial charge in [-0.15, -0.1) is 0 Å². The molecule has 0 spiro atoms. The van der Waals surface area contributed by atoms with Gasteiger partial charge < -0.3 is 10.2 Å². The SMILES string of the molecule is CC(Cc1ccc(O)cc1)[C@@H](C)Cc1ccc(O)cc1. The van der Waals surface area contributed by atoms with Gasteiger partial charge in [-0.3, -0.25) is 0 Å². The van der Waals surface area contributed by atoms with Gasteiger partial charge >= 0.3 is 0 Å². The zero-order chi connectivity index (χ0) is 14.5. The number of aromatic hydroxyl groups is 2. The third-order valence-electron chi connectivity index (χ3n) is 3.96.